The summed E-state index contributed by atoms with van der Waals surface area (Å²) >= 11 is 0. The second kappa shape index (κ2) is 5.35. The predicted octanol–water partition coefficient (Wildman–Crippen LogP) is 1.65. The van der Waals surface area contributed by atoms with Crippen LogP contribution in [0.15, 0.2) is 42.7 Å². The fourth-order valence-electron chi connectivity index (χ4n) is 2.93. The number of fused-ring (bicyclic) bond motifs is 1. The molecule has 1 N–H and O–H groups in total. The topological polar surface area (TPSA) is 77.6 Å². The molecule has 0 radical (unpaired) electrons. The van der Waals surface area contributed by atoms with Crippen molar-refractivity contribution in [2.24, 2.45) is 0 Å². The van der Waals surface area contributed by atoms with E-state index in [9.17, 15) is 4.79 Å². The molecule has 2 aromatic heterocycles. The normalized spacial score (nSPS) is 16.3. The van der Waals surface area contributed by atoms with Crippen LogP contribution < -0.4 is 5.32 Å². The lowest BCUT2D eigenvalue weighted by Gasteiger charge is -2.10. The maximum atomic E-state index is 12.5. The third-order valence-electron chi connectivity index (χ3n) is 4.13. The first kappa shape index (κ1) is 13.7. The zero-order chi connectivity index (χ0) is 15.8. The van der Waals surface area contributed by atoms with Crippen LogP contribution in [0.2, 0.25) is 0 Å². The predicted molar refractivity (Wildman–Crippen MR) is 83.1 cm³/mol. The summed E-state index contributed by atoms with van der Waals surface area (Å²) in [7, 11) is 0. The molecule has 0 saturated heterocycles. The summed E-state index contributed by atoms with van der Waals surface area (Å²) in [6.07, 6.45) is 4.53. The fraction of sp³-hybridized carbons (Fsp3) is 0.250. The Morgan fingerprint density at radius 3 is 2.96 bits per heavy atom. The van der Waals surface area contributed by atoms with Crippen molar-refractivity contribution in [1.82, 2.24) is 29.9 Å². The number of hydrogen-bond acceptors (Lipinski definition) is 4. The summed E-state index contributed by atoms with van der Waals surface area (Å²) in [6, 6.07) is 9.57. The van der Waals surface area contributed by atoms with Gasteiger partial charge in [0.25, 0.3) is 5.91 Å². The van der Waals surface area contributed by atoms with Gasteiger partial charge in [-0.1, -0.05) is 23.4 Å². The third-order valence-corrected chi connectivity index (χ3v) is 4.13. The van der Waals surface area contributed by atoms with E-state index in [1.807, 2.05) is 43.5 Å². The number of hydrogen-bond donors (Lipinski definition) is 1. The van der Waals surface area contributed by atoms with Gasteiger partial charge in [-0.2, -0.15) is 0 Å². The number of carbonyl (C=O) groups is 1. The maximum absolute atomic E-state index is 12.5. The van der Waals surface area contributed by atoms with Crippen molar-refractivity contribution < 1.29 is 4.79 Å². The van der Waals surface area contributed by atoms with Crippen molar-refractivity contribution in [3.05, 3.63) is 59.9 Å². The van der Waals surface area contributed by atoms with E-state index in [1.165, 1.54) is 0 Å². The lowest BCUT2D eigenvalue weighted by Crippen LogP contribution is -2.28. The molecule has 23 heavy (non-hydrogen) atoms. The van der Waals surface area contributed by atoms with Crippen molar-refractivity contribution in [2.75, 3.05) is 0 Å². The van der Waals surface area contributed by atoms with Gasteiger partial charge in [0.1, 0.15) is 5.82 Å². The first-order valence-corrected chi connectivity index (χ1v) is 7.53. The van der Waals surface area contributed by atoms with Crippen LogP contribution in [0.1, 0.15) is 34.5 Å². The highest BCUT2D eigenvalue weighted by Crippen LogP contribution is 2.24. The molecule has 1 aliphatic heterocycles. The van der Waals surface area contributed by atoms with E-state index in [2.05, 4.69) is 25.2 Å². The number of amides is 1. The van der Waals surface area contributed by atoms with Crippen LogP contribution in [-0.2, 0) is 6.54 Å². The average molecular weight is 308 g/mol. The van der Waals surface area contributed by atoms with Crippen LogP contribution >= 0.6 is 0 Å². The first-order valence-electron chi connectivity index (χ1n) is 7.53. The molecule has 116 valence electrons. The molecule has 1 aliphatic rings. The smallest absolute Gasteiger partial charge is 0.274 e. The monoisotopic (exact) mass is 308 g/mol. The van der Waals surface area contributed by atoms with Gasteiger partial charge in [0.2, 0.25) is 0 Å². The number of carbonyl (C=O) groups excluding carboxylic acids is 1. The number of aromatic nitrogens is 5. The number of aryl methyl sites for hydroxylation is 1. The molecule has 7 nitrogen and oxygen atoms in total. The van der Waals surface area contributed by atoms with Gasteiger partial charge >= 0.3 is 0 Å². The van der Waals surface area contributed by atoms with Crippen molar-refractivity contribution >= 4 is 5.91 Å². The summed E-state index contributed by atoms with van der Waals surface area (Å²) in [5, 5.41) is 11.2. The van der Waals surface area contributed by atoms with Crippen molar-refractivity contribution in [3.63, 3.8) is 0 Å². The lowest BCUT2D eigenvalue weighted by atomic mass is 10.2. The minimum atomic E-state index is -0.217. The minimum absolute atomic E-state index is 0.0706. The van der Waals surface area contributed by atoms with Crippen LogP contribution in [-0.4, -0.2) is 30.5 Å². The van der Waals surface area contributed by atoms with Crippen LogP contribution in [0.3, 0.4) is 0 Å². The van der Waals surface area contributed by atoms with Crippen LogP contribution in [0.4, 0.5) is 0 Å². The van der Waals surface area contributed by atoms with Gasteiger partial charge in [0.05, 0.1) is 17.4 Å². The van der Waals surface area contributed by atoms with Gasteiger partial charge in [-0.15, -0.1) is 5.10 Å². The summed E-state index contributed by atoms with van der Waals surface area (Å²) < 4.78 is 3.73. The van der Waals surface area contributed by atoms with E-state index < -0.39 is 0 Å². The van der Waals surface area contributed by atoms with Gasteiger partial charge in [0, 0.05) is 18.9 Å². The summed E-state index contributed by atoms with van der Waals surface area (Å²) in [6.45, 7) is 2.72. The van der Waals surface area contributed by atoms with E-state index in [-0.39, 0.29) is 11.9 Å². The Kier molecular flexibility index (Phi) is 3.18. The molecule has 0 spiro atoms. The molecule has 3 aromatic rings. The molecular weight excluding hydrogens is 292 g/mol. The Labute approximate surface area is 133 Å². The van der Waals surface area contributed by atoms with Gasteiger partial charge in [-0.05, 0) is 25.5 Å². The molecule has 3 heterocycles. The molecule has 1 aromatic carbocycles. The molecule has 0 bridgehead atoms. The Hall–Kier alpha value is -2.96. The zero-order valence-electron chi connectivity index (χ0n) is 12.7. The molecular formula is C16H16N6O. The van der Waals surface area contributed by atoms with Gasteiger partial charge in [0.15, 0.2) is 5.69 Å². The third kappa shape index (κ3) is 2.30. The molecule has 1 amide bonds. The number of para-hydroxylation sites is 1. The standard InChI is InChI=1S/C16H16N6O/c1-11-14(19-20-22(11)12-5-3-2-4-6-12)16(23)18-13-7-9-21-10-8-17-15(13)21/h2-6,8,10,13H,7,9H2,1H3,(H,18,23). The fourth-order valence-corrected chi connectivity index (χ4v) is 2.93. The number of nitrogens with one attached hydrogen (secondary N) is 1. The molecule has 4 rings (SSSR count). The summed E-state index contributed by atoms with van der Waals surface area (Å²) in [5.41, 5.74) is 1.95. The van der Waals surface area contributed by atoms with E-state index >= 15 is 0 Å². The quantitative estimate of drug-likeness (QED) is 0.798. The number of imidazole rings is 1. The highest BCUT2D eigenvalue weighted by atomic mass is 16.2. The number of nitrogens with zero attached hydrogens (tertiary/aromatic N) is 5. The Morgan fingerprint density at radius 2 is 2.13 bits per heavy atom. The molecule has 7 heteroatoms. The molecule has 0 fully saturated rings. The van der Waals surface area contributed by atoms with Crippen LogP contribution in [0, 0.1) is 6.92 Å². The van der Waals surface area contributed by atoms with Crippen molar-refractivity contribution in [3.8, 4) is 5.69 Å². The number of benzene rings is 1. The SMILES string of the molecule is Cc1c(C(=O)NC2CCn3ccnc32)nnn1-c1ccccc1. The first-order chi connectivity index (χ1) is 11.2. The van der Waals surface area contributed by atoms with E-state index in [0.717, 1.165) is 30.2 Å². The van der Waals surface area contributed by atoms with E-state index in [0.29, 0.717) is 5.69 Å². The van der Waals surface area contributed by atoms with E-state index in [1.54, 1.807) is 10.9 Å². The summed E-state index contributed by atoms with van der Waals surface area (Å²) in [5.74, 6) is 0.678. The second-order valence-electron chi connectivity index (χ2n) is 5.56. The van der Waals surface area contributed by atoms with Gasteiger partial charge in [-0.25, -0.2) is 9.67 Å². The van der Waals surface area contributed by atoms with Crippen molar-refractivity contribution in [1.29, 1.82) is 0 Å². The largest absolute Gasteiger partial charge is 0.341 e. The molecule has 0 aliphatic carbocycles. The zero-order valence-corrected chi connectivity index (χ0v) is 12.7. The second-order valence-corrected chi connectivity index (χ2v) is 5.56. The minimum Gasteiger partial charge on any atom is -0.341 e. The van der Waals surface area contributed by atoms with Gasteiger partial charge < -0.3 is 9.88 Å². The Balaban J connectivity index is 1.57. The van der Waals surface area contributed by atoms with E-state index in [4.69, 9.17) is 0 Å². The number of rotatable bonds is 3. The highest BCUT2D eigenvalue weighted by molar-refractivity contribution is 5.93. The summed E-state index contributed by atoms with van der Waals surface area (Å²) in [4.78, 5) is 16.8. The molecule has 0 saturated carbocycles. The molecule has 1 unspecified atom stereocenters. The molecule has 1 atom stereocenters. The van der Waals surface area contributed by atoms with Crippen LogP contribution in [0.25, 0.3) is 5.69 Å². The highest BCUT2D eigenvalue weighted by Gasteiger charge is 2.27. The van der Waals surface area contributed by atoms with Crippen LogP contribution in [0.5, 0.6) is 0 Å². The van der Waals surface area contributed by atoms with Crippen molar-refractivity contribution in [2.45, 2.75) is 25.9 Å². The Morgan fingerprint density at radius 1 is 1.30 bits per heavy atom. The lowest BCUT2D eigenvalue weighted by molar-refractivity contribution is 0.0930. The average Bonchev–Trinajstić information content (AvgIpc) is 3.25. The maximum Gasteiger partial charge on any atom is 0.274 e. The van der Waals surface area contributed by atoms with Gasteiger partial charge in [-0.3, -0.25) is 4.79 Å². The Bertz CT molecular complexity index is 851.